The first-order valence-electron chi connectivity index (χ1n) is 7.98. The number of rotatable bonds is 6. The molecule has 0 bridgehead atoms. The van der Waals surface area contributed by atoms with Crippen molar-refractivity contribution in [2.45, 2.75) is 31.8 Å². The number of aliphatic hydroxyl groups excluding tert-OH is 1. The Labute approximate surface area is 131 Å². The molecule has 0 saturated heterocycles. The third kappa shape index (κ3) is 3.46. The molecule has 0 aliphatic heterocycles. The minimum Gasteiger partial charge on any atom is -0.395 e. The molecular weight excluding hydrogens is 274 g/mol. The Morgan fingerprint density at radius 1 is 1.18 bits per heavy atom. The zero-order valence-corrected chi connectivity index (χ0v) is 12.8. The summed E-state index contributed by atoms with van der Waals surface area (Å²) >= 11 is 0. The third-order valence-electron chi connectivity index (χ3n) is 4.17. The number of aliphatic hydroxyl groups is 1. The van der Waals surface area contributed by atoms with Gasteiger partial charge in [0.1, 0.15) is 5.82 Å². The van der Waals surface area contributed by atoms with Gasteiger partial charge in [-0.15, -0.1) is 0 Å². The van der Waals surface area contributed by atoms with E-state index in [0.717, 1.165) is 25.2 Å². The van der Waals surface area contributed by atoms with Crippen molar-refractivity contribution < 1.29 is 5.11 Å². The van der Waals surface area contributed by atoms with Gasteiger partial charge in [-0.1, -0.05) is 30.3 Å². The molecule has 1 atom stereocenters. The molecule has 1 aliphatic rings. The first kappa shape index (κ1) is 15.0. The van der Waals surface area contributed by atoms with E-state index in [1.807, 2.05) is 12.3 Å². The lowest BCUT2D eigenvalue weighted by atomic mass is 9.88. The zero-order chi connectivity index (χ0) is 15.2. The highest BCUT2D eigenvalue weighted by atomic mass is 16.3. The summed E-state index contributed by atoms with van der Waals surface area (Å²) in [6, 6.07) is 12.8. The maximum atomic E-state index is 9.07. The Balaban J connectivity index is 1.79. The van der Waals surface area contributed by atoms with Crippen molar-refractivity contribution in [3.8, 4) is 0 Å². The van der Waals surface area contributed by atoms with Crippen LogP contribution in [-0.2, 0) is 13.0 Å². The molecule has 1 aliphatic carbocycles. The molecule has 2 aromatic rings. The third-order valence-corrected chi connectivity index (χ3v) is 4.17. The number of pyridine rings is 1. The van der Waals surface area contributed by atoms with Gasteiger partial charge in [0.2, 0.25) is 0 Å². The monoisotopic (exact) mass is 297 g/mol. The fourth-order valence-electron chi connectivity index (χ4n) is 3.13. The lowest BCUT2D eigenvalue weighted by Crippen LogP contribution is -2.29. The van der Waals surface area contributed by atoms with Crippen LogP contribution in [0.1, 0.15) is 35.6 Å². The molecule has 0 spiro atoms. The van der Waals surface area contributed by atoms with Crippen LogP contribution in [0.25, 0.3) is 0 Å². The number of nitrogens with one attached hydrogen (secondary N) is 2. The van der Waals surface area contributed by atoms with E-state index in [0.29, 0.717) is 6.54 Å². The number of nitrogens with zero attached hydrogens (tertiary/aromatic N) is 1. The average Bonchev–Trinajstić information content (AvgIpc) is 2.59. The molecule has 3 N–H and O–H groups in total. The van der Waals surface area contributed by atoms with Crippen LogP contribution < -0.4 is 10.6 Å². The molecule has 1 aromatic carbocycles. The minimum atomic E-state index is 0.166. The SMILES string of the molecule is OCCN[C@H]1CCCc2ccnc(NCc3ccccc3)c21. The van der Waals surface area contributed by atoms with Gasteiger partial charge in [-0.05, 0) is 36.5 Å². The smallest absolute Gasteiger partial charge is 0.131 e. The van der Waals surface area contributed by atoms with Gasteiger partial charge in [0.25, 0.3) is 0 Å². The summed E-state index contributed by atoms with van der Waals surface area (Å²) in [5.74, 6) is 0.969. The lowest BCUT2D eigenvalue weighted by molar-refractivity contribution is 0.280. The molecule has 3 rings (SSSR count). The van der Waals surface area contributed by atoms with Gasteiger partial charge in [0, 0.05) is 30.9 Å². The number of hydrogen-bond acceptors (Lipinski definition) is 4. The van der Waals surface area contributed by atoms with Crippen LogP contribution in [0, 0.1) is 0 Å². The molecule has 0 unspecified atom stereocenters. The Hall–Kier alpha value is -1.91. The summed E-state index contributed by atoms with van der Waals surface area (Å²) in [5, 5.41) is 16.0. The Bertz CT molecular complexity index is 601. The summed E-state index contributed by atoms with van der Waals surface area (Å²) in [4.78, 5) is 4.55. The topological polar surface area (TPSA) is 57.2 Å². The number of benzene rings is 1. The van der Waals surface area contributed by atoms with Crippen molar-refractivity contribution in [3.05, 3.63) is 59.3 Å². The highest BCUT2D eigenvalue weighted by molar-refractivity contribution is 5.51. The standard InChI is InChI=1S/C18H23N3O/c22-12-11-19-16-8-4-7-15-9-10-20-18(17(15)16)21-13-14-5-2-1-3-6-14/h1-3,5-6,9-10,16,19,22H,4,7-8,11-13H2,(H,20,21)/t16-/m0/s1. The maximum Gasteiger partial charge on any atom is 0.131 e. The molecule has 4 nitrogen and oxygen atoms in total. The first-order chi connectivity index (χ1) is 10.9. The molecule has 116 valence electrons. The minimum absolute atomic E-state index is 0.166. The van der Waals surface area contributed by atoms with Crippen LogP contribution in [-0.4, -0.2) is 23.2 Å². The van der Waals surface area contributed by atoms with Crippen LogP contribution >= 0.6 is 0 Å². The quantitative estimate of drug-likeness (QED) is 0.767. The Morgan fingerprint density at radius 3 is 2.86 bits per heavy atom. The van der Waals surface area contributed by atoms with E-state index in [-0.39, 0.29) is 12.6 Å². The van der Waals surface area contributed by atoms with Crippen LogP contribution in [0.3, 0.4) is 0 Å². The normalized spacial score (nSPS) is 17.0. The maximum absolute atomic E-state index is 9.07. The Kier molecular flexibility index (Phi) is 5.03. The van der Waals surface area contributed by atoms with E-state index in [4.69, 9.17) is 5.11 Å². The second-order valence-corrected chi connectivity index (χ2v) is 5.69. The summed E-state index contributed by atoms with van der Waals surface area (Å²) in [6.45, 7) is 1.56. The van der Waals surface area contributed by atoms with Gasteiger partial charge >= 0.3 is 0 Å². The zero-order valence-electron chi connectivity index (χ0n) is 12.8. The van der Waals surface area contributed by atoms with Crippen molar-refractivity contribution in [2.75, 3.05) is 18.5 Å². The van der Waals surface area contributed by atoms with E-state index < -0.39 is 0 Å². The first-order valence-corrected chi connectivity index (χ1v) is 7.98. The second kappa shape index (κ2) is 7.38. The number of fused-ring (bicyclic) bond motifs is 1. The molecular formula is C18H23N3O. The molecule has 0 fully saturated rings. The van der Waals surface area contributed by atoms with Crippen LogP contribution in [0.2, 0.25) is 0 Å². The summed E-state index contributed by atoms with van der Waals surface area (Å²) < 4.78 is 0. The van der Waals surface area contributed by atoms with Crippen molar-refractivity contribution in [3.63, 3.8) is 0 Å². The van der Waals surface area contributed by atoms with Crippen molar-refractivity contribution in [1.82, 2.24) is 10.3 Å². The van der Waals surface area contributed by atoms with E-state index in [1.54, 1.807) is 0 Å². The molecule has 22 heavy (non-hydrogen) atoms. The van der Waals surface area contributed by atoms with E-state index in [1.165, 1.54) is 23.1 Å². The van der Waals surface area contributed by atoms with E-state index in [9.17, 15) is 0 Å². The lowest BCUT2D eigenvalue weighted by Gasteiger charge is -2.28. The largest absolute Gasteiger partial charge is 0.395 e. The highest BCUT2D eigenvalue weighted by Gasteiger charge is 2.23. The molecule has 0 amide bonds. The van der Waals surface area contributed by atoms with Gasteiger partial charge in [-0.3, -0.25) is 0 Å². The predicted molar refractivity (Wildman–Crippen MR) is 88.8 cm³/mol. The van der Waals surface area contributed by atoms with Gasteiger partial charge < -0.3 is 15.7 Å². The summed E-state index contributed by atoms with van der Waals surface area (Å²) in [5.41, 5.74) is 3.89. The van der Waals surface area contributed by atoms with E-state index >= 15 is 0 Å². The number of hydrogen-bond donors (Lipinski definition) is 3. The molecule has 1 aromatic heterocycles. The molecule has 4 heteroatoms. The number of aryl methyl sites for hydroxylation is 1. The fraction of sp³-hybridized carbons (Fsp3) is 0.389. The van der Waals surface area contributed by atoms with Crippen molar-refractivity contribution in [1.29, 1.82) is 0 Å². The molecule has 1 heterocycles. The average molecular weight is 297 g/mol. The molecule has 0 radical (unpaired) electrons. The highest BCUT2D eigenvalue weighted by Crippen LogP contribution is 2.34. The van der Waals surface area contributed by atoms with Crippen molar-refractivity contribution >= 4 is 5.82 Å². The van der Waals surface area contributed by atoms with Gasteiger partial charge in [0.15, 0.2) is 0 Å². The van der Waals surface area contributed by atoms with Crippen molar-refractivity contribution in [2.24, 2.45) is 0 Å². The van der Waals surface area contributed by atoms with Crippen LogP contribution in [0.15, 0.2) is 42.6 Å². The van der Waals surface area contributed by atoms with E-state index in [2.05, 4.69) is 45.9 Å². The van der Waals surface area contributed by atoms with Crippen LogP contribution in [0.4, 0.5) is 5.82 Å². The van der Waals surface area contributed by atoms with Gasteiger partial charge in [0.05, 0.1) is 6.61 Å². The summed E-state index contributed by atoms with van der Waals surface area (Å²) in [6.07, 6.45) is 5.27. The van der Waals surface area contributed by atoms with Gasteiger partial charge in [-0.25, -0.2) is 4.98 Å². The molecule has 0 saturated carbocycles. The fourth-order valence-corrected chi connectivity index (χ4v) is 3.13. The second-order valence-electron chi connectivity index (χ2n) is 5.69. The van der Waals surface area contributed by atoms with Gasteiger partial charge in [-0.2, -0.15) is 0 Å². The summed E-state index contributed by atoms with van der Waals surface area (Å²) in [7, 11) is 0. The van der Waals surface area contributed by atoms with Crippen LogP contribution in [0.5, 0.6) is 0 Å². The number of anilines is 1. The Morgan fingerprint density at radius 2 is 2.05 bits per heavy atom. The predicted octanol–water partition coefficient (Wildman–Crippen LogP) is 2.65. The number of aromatic nitrogens is 1.